The van der Waals surface area contributed by atoms with Gasteiger partial charge in [0.15, 0.2) is 0 Å². The minimum absolute atomic E-state index is 0.138. The molecule has 3 nitrogen and oxygen atoms in total. The van der Waals surface area contributed by atoms with Gasteiger partial charge in [-0.1, -0.05) is 13.0 Å². The second-order valence-electron chi connectivity index (χ2n) is 5.65. The third kappa shape index (κ3) is 3.49. The molecule has 1 saturated heterocycles. The maximum Gasteiger partial charge on any atom is 0.146 e. The summed E-state index contributed by atoms with van der Waals surface area (Å²) in [6.45, 7) is 10.5. The Balaban J connectivity index is 2.17. The molecule has 1 fully saturated rings. The van der Waals surface area contributed by atoms with Crippen LogP contribution in [0.1, 0.15) is 39.3 Å². The van der Waals surface area contributed by atoms with E-state index in [1.807, 2.05) is 26.0 Å². The molecule has 0 aliphatic carbocycles. The Morgan fingerprint density at radius 1 is 1.35 bits per heavy atom. The number of hydrogen-bond donors (Lipinski definition) is 1. The molecule has 1 heterocycles. The highest BCUT2D eigenvalue weighted by Gasteiger charge is 2.24. The monoisotopic (exact) mass is 280 g/mol. The van der Waals surface area contributed by atoms with Gasteiger partial charge in [-0.25, -0.2) is 4.39 Å². The number of rotatable bonds is 4. The lowest BCUT2D eigenvalue weighted by atomic mass is 10.1. The van der Waals surface area contributed by atoms with Crippen LogP contribution in [0.3, 0.4) is 0 Å². The number of ether oxygens (including phenoxy) is 1. The zero-order chi connectivity index (χ0) is 14.7. The van der Waals surface area contributed by atoms with Crippen LogP contribution in [-0.2, 0) is 4.74 Å². The first-order valence-corrected chi connectivity index (χ1v) is 7.44. The first kappa shape index (κ1) is 15.3. The van der Waals surface area contributed by atoms with Crippen LogP contribution in [0.5, 0.6) is 0 Å². The third-order valence-corrected chi connectivity index (χ3v) is 3.74. The number of anilines is 1. The summed E-state index contributed by atoms with van der Waals surface area (Å²) in [4.78, 5) is 2.08. The van der Waals surface area contributed by atoms with E-state index in [1.54, 1.807) is 6.07 Å². The zero-order valence-electron chi connectivity index (χ0n) is 12.8. The lowest BCUT2D eigenvalue weighted by molar-refractivity contribution is -0.00539. The molecule has 0 spiro atoms. The molecule has 0 radical (unpaired) electrons. The van der Waals surface area contributed by atoms with Gasteiger partial charge in [-0.15, -0.1) is 0 Å². The Morgan fingerprint density at radius 2 is 2.00 bits per heavy atom. The van der Waals surface area contributed by atoms with Crippen molar-refractivity contribution in [2.45, 2.75) is 45.9 Å². The number of nitrogens with one attached hydrogen (secondary N) is 1. The van der Waals surface area contributed by atoms with Crippen molar-refractivity contribution < 1.29 is 9.13 Å². The Hall–Kier alpha value is -1.13. The van der Waals surface area contributed by atoms with Crippen molar-refractivity contribution in [3.05, 3.63) is 29.6 Å². The first-order valence-electron chi connectivity index (χ1n) is 7.44. The molecule has 2 rings (SSSR count). The van der Waals surface area contributed by atoms with Crippen LogP contribution < -0.4 is 10.2 Å². The standard InChI is InChI=1S/C16H25FN2O/c1-5-18-13(4)14-6-7-16(15(17)8-14)19-9-11(2)20-12(3)10-19/h6-8,11-13,18H,5,9-10H2,1-4H3/t11-,12+,13?. The van der Waals surface area contributed by atoms with Crippen LogP contribution in [0.25, 0.3) is 0 Å². The van der Waals surface area contributed by atoms with Gasteiger partial charge in [-0.3, -0.25) is 0 Å². The van der Waals surface area contributed by atoms with Crippen LogP contribution in [0, 0.1) is 5.82 Å². The summed E-state index contributed by atoms with van der Waals surface area (Å²) < 4.78 is 20.1. The predicted molar refractivity (Wildman–Crippen MR) is 80.7 cm³/mol. The minimum Gasteiger partial charge on any atom is -0.372 e. The Bertz CT molecular complexity index is 442. The molecule has 1 aliphatic rings. The van der Waals surface area contributed by atoms with Gasteiger partial charge < -0.3 is 15.0 Å². The second kappa shape index (κ2) is 6.55. The summed E-state index contributed by atoms with van der Waals surface area (Å²) in [5, 5.41) is 3.30. The smallest absolute Gasteiger partial charge is 0.146 e. The summed E-state index contributed by atoms with van der Waals surface area (Å²) in [7, 11) is 0. The van der Waals surface area contributed by atoms with Gasteiger partial charge in [0.05, 0.1) is 17.9 Å². The van der Waals surface area contributed by atoms with Crippen molar-refractivity contribution >= 4 is 5.69 Å². The normalized spacial score (nSPS) is 24.8. The second-order valence-corrected chi connectivity index (χ2v) is 5.65. The zero-order valence-corrected chi connectivity index (χ0v) is 12.8. The molecule has 1 aromatic rings. The van der Waals surface area contributed by atoms with Crippen molar-refractivity contribution in [1.29, 1.82) is 0 Å². The van der Waals surface area contributed by atoms with E-state index in [0.717, 1.165) is 25.2 Å². The van der Waals surface area contributed by atoms with Crippen molar-refractivity contribution in [2.24, 2.45) is 0 Å². The molecule has 20 heavy (non-hydrogen) atoms. The van der Waals surface area contributed by atoms with Crippen LogP contribution in [0.15, 0.2) is 18.2 Å². The molecule has 0 aromatic heterocycles. The van der Waals surface area contributed by atoms with Gasteiger partial charge in [-0.2, -0.15) is 0 Å². The lowest BCUT2D eigenvalue weighted by Gasteiger charge is -2.37. The van der Waals surface area contributed by atoms with Gasteiger partial charge in [0.1, 0.15) is 5.82 Å². The first-order chi connectivity index (χ1) is 9.51. The fourth-order valence-electron chi connectivity index (χ4n) is 2.85. The topological polar surface area (TPSA) is 24.5 Å². The van der Waals surface area contributed by atoms with E-state index < -0.39 is 0 Å². The highest BCUT2D eigenvalue weighted by atomic mass is 19.1. The van der Waals surface area contributed by atoms with E-state index in [4.69, 9.17) is 4.74 Å². The molecule has 112 valence electrons. The van der Waals surface area contributed by atoms with Crippen molar-refractivity contribution in [3.8, 4) is 0 Å². The maximum absolute atomic E-state index is 14.4. The third-order valence-electron chi connectivity index (χ3n) is 3.74. The highest BCUT2D eigenvalue weighted by Crippen LogP contribution is 2.26. The van der Waals surface area contributed by atoms with Gasteiger partial charge in [0.25, 0.3) is 0 Å². The number of halogens is 1. The van der Waals surface area contributed by atoms with Crippen LogP contribution in [0.2, 0.25) is 0 Å². The predicted octanol–water partition coefficient (Wildman–Crippen LogP) is 3.11. The van der Waals surface area contributed by atoms with Gasteiger partial charge in [0, 0.05) is 19.1 Å². The highest BCUT2D eigenvalue weighted by molar-refractivity contribution is 5.50. The fraction of sp³-hybridized carbons (Fsp3) is 0.625. The molecule has 1 aliphatic heterocycles. The molecule has 1 N–H and O–H groups in total. The Kier molecular flexibility index (Phi) is 5.00. The van der Waals surface area contributed by atoms with E-state index in [-0.39, 0.29) is 24.1 Å². The summed E-state index contributed by atoms with van der Waals surface area (Å²) in [6.07, 6.45) is 0.275. The van der Waals surface area contributed by atoms with Gasteiger partial charge in [0.2, 0.25) is 0 Å². The average molecular weight is 280 g/mol. The van der Waals surface area contributed by atoms with Crippen LogP contribution in [0.4, 0.5) is 10.1 Å². The van der Waals surface area contributed by atoms with Gasteiger partial charge >= 0.3 is 0 Å². The van der Waals surface area contributed by atoms with Crippen molar-refractivity contribution in [1.82, 2.24) is 5.32 Å². The van der Waals surface area contributed by atoms with E-state index in [2.05, 4.69) is 24.1 Å². The van der Waals surface area contributed by atoms with E-state index in [0.29, 0.717) is 5.69 Å². The van der Waals surface area contributed by atoms with Crippen LogP contribution in [-0.4, -0.2) is 31.8 Å². The van der Waals surface area contributed by atoms with Crippen LogP contribution >= 0.6 is 0 Å². The average Bonchev–Trinajstić information content (AvgIpc) is 2.37. The molecule has 0 amide bonds. The summed E-state index contributed by atoms with van der Waals surface area (Å²) in [5.74, 6) is -0.145. The van der Waals surface area contributed by atoms with Crippen molar-refractivity contribution in [3.63, 3.8) is 0 Å². The molecule has 4 heteroatoms. The molecular formula is C16H25FN2O. The molecule has 0 saturated carbocycles. The molecule has 0 bridgehead atoms. The summed E-state index contributed by atoms with van der Waals surface area (Å²) in [5.41, 5.74) is 1.67. The fourth-order valence-corrected chi connectivity index (χ4v) is 2.85. The number of nitrogens with zero attached hydrogens (tertiary/aromatic N) is 1. The Morgan fingerprint density at radius 3 is 2.55 bits per heavy atom. The summed E-state index contributed by atoms with van der Waals surface area (Å²) in [6, 6.07) is 5.72. The van der Waals surface area contributed by atoms with E-state index >= 15 is 0 Å². The Labute approximate surface area is 121 Å². The van der Waals surface area contributed by atoms with Gasteiger partial charge in [-0.05, 0) is 45.0 Å². The number of hydrogen-bond acceptors (Lipinski definition) is 3. The SMILES string of the molecule is CCNC(C)c1ccc(N2C[C@@H](C)O[C@@H](C)C2)c(F)c1. The molecule has 1 unspecified atom stereocenters. The molecule has 1 aromatic carbocycles. The molecular weight excluding hydrogens is 255 g/mol. The quantitative estimate of drug-likeness (QED) is 0.917. The maximum atomic E-state index is 14.4. The number of benzene rings is 1. The largest absolute Gasteiger partial charge is 0.372 e. The van der Waals surface area contributed by atoms with E-state index in [9.17, 15) is 4.39 Å². The lowest BCUT2D eigenvalue weighted by Crippen LogP contribution is -2.45. The molecule has 3 atom stereocenters. The van der Waals surface area contributed by atoms with Crippen molar-refractivity contribution in [2.75, 3.05) is 24.5 Å². The summed E-state index contributed by atoms with van der Waals surface area (Å²) >= 11 is 0. The van der Waals surface area contributed by atoms with E-state index in [1.165, 1.54) is 0 Å². The number of morpholine rings is 1. The minimum atomic E-state index is -0.145.